The van der Waals surface area contributed by atoms with E-state index in [9.17, 15) is 19.7 Å². The van der Waals surface area contributed by atoms with Gasteiger partial charge in [0, 0.05) is 29.4 Å². The Morgan fingerprint density at radius 2 is 1.94 bits per heavy atom. The molecule has 2 aromatic carbocycles. The molecule has 4 rings (SSSR count). The molecule has 3 N–H and O–H groups in total. The highest BCUT2D eigenvalue weighted by Gasteiger charge is 2.25. The molecule has 33 heavy (non-hydrogen) atoms. The summed E-state index contributed by atoms with van der Waals surface area (Å²) in [4.78, 5) is 36.2. The number of halogens is 1. The average Bonchev–Trinajstić information content (AvgIpc) is 3.43. The summed E-state index contributed by atoms with van der Waals surface area (Å²) >= 11 is 0. The van der Waals surface area contributed by atoms with Crippen LogP contribution in [-0.4, -0.2) is 42.0 Å². The summed E-state index contributed by atoms with van der Waals surface area (Å²) in [5.41, 5.74) is 1.18. The van der Waals surface area contributed by atoms with Crippen molar-refractivity contribution >= 4 is 35.6 Å². The zero-order valence-corrected chi connectivity index (χ0v) is 19.1. The van der Waals surface area contributed by atoms with Crippen LogP contribution in [0, 0.1) is 17.0 Å². The van der Waals surface area contributed by atoms with E-state index in [1.54, 1.807) is 25.1 Å². The molecule has 10 heteroatoms. The molecule has 0 aromatic heterocycles. The number of aryl methyl sites for hydroxylation is 1. The largest absolute Gasteiger partial charge is 0.492 e. The highest BCUT2D eigenvalue weighted by molar-refractivity contribution is 6.08. The van der Waals surface area contributed by atoms with Crippen molar-refractivity contribution < 1.29 is 19.2 Å². The van der Waals surface area contributed by atoms with Crippen LogP contribution in [-0.2, 0) is 0 Å². The topological polar surface area (TPSA) is 123 Å². The van der Waals surface area contributed by atoms with Crippen LogP contribution >= 0.6 is 12.4 Å². The molecule has 1 heterocycles. The van der Waals surface area contributed by atoms with Crippen molar-refractivity contribution in [2.24, 2.45) is 0 Å². The van der Waals surface area contributed by atoms with E-state index in [0.717, 1.165) is 37.8 Å². The predicted molar refractivity (Wildman–Crippen MR) is 126 cm³/mol. The maximum Gasteiger partial charge on any atom is 0.282 e. The smallest absolute Gasteiger partial charge is 0.282 e. The number of carbonyl (C=O) groups excluding carboxylic acids is 2. The number of nitrogens with zero attached hydrogens (tertiary/aromatic N) is 1. The molecule has 2 aromatic rings. The normalized spacial score (nSPS) is 17.1. The Hall–Kier alpha value is -3.17. The summed E-state index contributed by atoms with van der Waals surface area (Å²) < 4.78 is 5.76. The molecule has 2 fully saturated rings. The van der Waals surface area contributed by atoms with Crippen LogP contribution in [0.25, 0.3) is 0 Å². The lowest BCUT2D eigenvalue weighted by molar-refractivity contribution is -0.385. The zero-order chi connectivity index (χ0) is 22.7. The number of nitro benzene ring substituents is 1. The number of hydrogen-bond donors (Lipinski definition) is 3. The lowest BCUT2D eigenvalue weighted by Gasteiger charge is -2.14. The number of benzene rings is 2. The third kappa shape index (κ3) is 6.21. The van der Waals surface area contributed by atoms with Crippen molar-refractivity contribution in [3.8, 4) is 5.75 Å². The third-order valence-corrected chi connectivity index (χ3v) is 5.68. The molecule has 1 saturated carbocycles. The lowest BCUT2D eigenvalue weighted by atomic mass is 10.1. The molecular weight excluding hydrogens is 448 g/mol. The second-order valence-electron chi connectivity index (χ2n) is 8.27. The van der Waals surface area contributed by atoms with Gasteiger partial charge in [0.15, 0.2) is 0 Å². The predicted octanol–water partition coefficient (Wildman–Crippen LogP) is 3.60. The Labute approximate surface area is 197 Å². The minimum absolute atomic E-state index is 0. The van der Waals surface area contributed by atoms with Crippen LogP contribution in [0.4, 0.5) is 11.4 Å². The quantitative estimate of drug-likeness (QED) is 0.397. The van der Waals surface area contributed by atoms with E-state index >= 15 is 0 Å². The summed E-state index contributed by atoms with van der Waals surface area (Å²) in [5.74, 6) is -0.447. The minimum Gasteiger partial charge on any atom is -0.492 e. The van der Waals surface area contributed by atoms with Crippen molar-refractivity contribution in [2.75, 3.05) is 18.5 Å². The second kappa shape index (κ2) is 10.6. The van der Waals surface area contributed by atoms with Gasteiger partial charge in [-0.25, -0.2) is 0 Å². The van der Waals surface area contributed by atoms with Gasteiger partial charge in [0.25, 0.3) is 17.5 Å². The first-order valence-electron chi connectivity index (χ1n) is 10.8. The molecule has 0 spiro atoms. The van der Waals surface area contributed by atoms with Crippen LogP contribution in [0.2, 0.25) is 0 Å². The maximum atomic E-state index is 13.0. The molecule has 0 unspecified atom stereocenters. The number of carbonyl (C=O) groups is 2. The van der Waals surface area contributed by atoms with E-state index in [4.69, 9.17) is 4.74 Å². The molecule has 9 nitrogen and oxygen atoms in total. The van der Waals surface area contributed by atoms with Crippen LogP contribution < -0.4 is 20.7 Å². The van der Waals surface area contributed by atoms with E-state index in [-0.39, 0.29) is 41.6 Å². The van der Waals surface area contributed by atoms with E-state index in [0.29, 0.717) is 23.6 Å². The monoisotopic (exact) mass is 474 g/mol. The Balaban J connectivity index is 0.00000306. The highest BCUT2D eigenvalue weighted by atomic mass is 35.5. The number of amides is 2. The van der Waals surface area contributed by atoms with Gasteiger partial charge in [-0.05, 0) is 69.0 Å². The number of nitrogens with one attached hydrogen (secondary N) is 3. The average molecular weight is 475 g/mol. The maximum absolute atomic E-state index is 13.0. The van der Waals surface area contributed by atoms with Gasteiger partial charge in [-0.1, -0.05) is 6.07 Å². The van der Waals surface area contributed by atoms with Gasteiger partial charge in [0.05, 0.1) is 4.92 Å². The lowest BCUT2D eigenvalue weighted by Crippen LogP contribution is -2.28. The molecule has 1 aliphatic heterocycles. The van der Waals surface area contributed by atoms with E-state index < -0.39 is 10.8 Å². The molecular formula is C23H27ClN4O5. The van der Waals surface area contributed by atoms with Crippen molar-refractivity contribution in [3.63, 3.8) is 0 Å². The third-order valence-electron chi connectivity index (χ3n) is 5.68. The number of nitro groups is 1. The molecule has 1 saturated heterocycles. The number of hydrogen-bond acceptors (Lipinski definition) is 6. The summed E-state index contributed by atoms with van der Waals surface area (Å²) in [6.45, 7) is 3.16. The van der Waals surface area contributed by atoms with Crippen LogP contribution in [0.15, 0.2) is 36.4 Å². The van der Waals surface area contributed by atoms with Crippen molar-refractivity contribution in [1.82, 2.24) is 10.6 Å². The number of anilines is 1. The van der Waals surface area contributed by atoms with Crippen LogP contribution in [0.5, 0.6) is 5.75 Å². The Kier molecular flexibility index (Phi) is 7.88. The SMILES string of the molecule is Cc1ccc(C(=O)NC2CC2)cc1NC(=O)c1cc(OC[C@@H]2CCCN2)ccc1[N+](=O)[O-].Cl. The Morgan fingerprint density at radius 3 is 2.61 bits per heavy atom. The van der Waals surface area contributed by atoms with Gasteiger partial charge in [-0.15, -0.1) is 12.4 Å². The van der Waals surface area contributed by atoms with Crippen molar-refractivity contribution in [1.29, 1.82) is 0 Å². The zero-order valence-electron chi connectivity index (χ0n) is 18.3. The number of ether oxygens (including phenoxy) is 1. The molecule has 1 aliphatic carbocycles. The Morgan fingerprint density at radius 1 is 1.15 bits per heavy atom. The molecule has 1 atom stereocenters. The fraction of sp³-hybridized carbons (Fsp3) is 0.391. The van der Waals surface area contributed by atoms with Crippen molar-refractivity contribution in [3.05, 3.63) is 63.2 Å². The molecule has 176 valence electrons. The summed E-state index contributed by atoms with van der Waals surface area (Å²) in [6, 6.07) is 9.62. The van der Waals surface area contributed by atoms with Crippen LogP contribution in [0.3, 0.4) is 0 Å². The van der Waals surface area contributed by atoms with Gasteiger partial charge in [-0.2, -0.15) is 0 Å². The minimum atomic E-state index is -0.635. The molecule has 2 amide bonds. The van der Waals surface area contributed by atoms with Gasteiger partial charge < -0.3 is 20.7 Å². The molecule has 0 radical (unpaired) electrons. The number of rotatable bonds is 8. The fourth-order valence-corrected chi connectivity index (χ4v) is 3.63. The molecule has 2 aliphatic rings. The van der Waals surface area contributed by atoms with Gasteiger partial charge in [-0.3, -0.25) is 19.7 Å². The summed E-state index contributed by atoms with van der Waals surface area (Å²) in [6.07, 6.45) is 4.03. The van der Waals surface area contributed by atoms with E-state index in [1.807, 2.05) is 0 Å². The first-order valence-corrected chi connectivity index (χ1v) is 10.8. The summed E-state index contributed by atoms with van der Waals surface area (Å²) in [7, 11) is 0. The van der Waals surface area contributed by atoms with Gasteiger partial charge >= 0.3 is 0 Å². The molecule has 0 bridgehead atoms. The standard InChI is InChI=1S/C23H26N4O5.ClH/c1-14-4-5-15(22(28)25-16-6-7-16)11-20(14)26-23(29)19-12-18(8-9-21(19)27(30)31)32-13-17-3-2-10-24-17;/h4-5,8-9,11-12,16-17,24H,2-3,6-7,10,13H2,1H3,(H,25,28)(H,26,29);1H/t17-;/m0./s1. The van der Waals surface area contributed by atoms with Gasteiger partial charge in [0.2, 0.25) is 0 Å². The first kappa shape index (κ1) is 24.5. The first-order chi connectivity index (χ1) is 15.4. The summed E-state index contributed by atoms with van der Waals surface area (Å²) in [5, 5.41) is 20.4. The Bertz CT molecular complexity index is 1050. The highest BCUT2D eigenvalue weighted by Crippen LogP contribution is 2.27. The van der Waals surface area contributed by atoms with Crippen LogP contribution in [0.1, 0.15) is 52.0 Å². The van der Waals surface area contributed by atoms with E-state index in [1.165, 1.54) is 18.2 Å². The second-order valence-corrected chi connectivity index (χ2v) is 8.27. The van der Waals surface area contributed by atoms with E-state index in [2.05, 4.69) is 16.0 Å². The fourth-order valence-electron chi connectivity index (χ4n) is 3.63. The van der Waals surface area contributed by atoms with Crippen molar-refractivity contribution in [2.45, 2.75) is 44.7 Å². The van der Waals surface area contributed by atoms with Gasteiger partial charge in [0.1, 0.15) is 17.9 Å².